The van der Waals surface area contributed by atoms with Gasteiger partial charge in [-0.2, -0.15) is 5.01 Å². The highest BCUT2D eigenvalue weighted by molar-refractivity contribution is 6.09. The van der Waals surface area contributed by atoms with Crippen molar-refractivity contribution < 1.29 is 23.5 Å². The zero-order valence-corrected chi connectivity index (χ0v) is 16.0. The van der Waals surface area contributed by atoms with Crippen LogP contribution in [0.1, 0.15) is 55.1 Å². The van der Waals surface area contributed by atoms with Crippen molar-refractivity contribution in [2.45, 2.75) is 51.5 Å². The van der Waals surface area contributed by atoms with Crippen LogP contribution in [0, 0.1) is 6.92 Å². The number of hydrazine groups is 1. The number of amides is 4. The molecule has 1 spiro atoms. The Morgan fingerprint density at radius 2 is 2.04 bits per heavy atom. The molecule has 0 bridgehead atoms. The maximum Gasteiger partial charge on any atom is 0.344 e. The van der Waals surface area contributed by atoms with Crippen LogP contribution in [0.5, 0.6) is 5.75 Å². The Kier molecular flexibility index (Phi) is 4.49. The van der Waals surface area contributed by atoms with Crippen LogP contribution in [0.25, 0.3) is 11.0 Å². The smallest absolute Gasteiger partial charge is 0.344 e. The Hall–Kier alpha value is -3.03. The molecule has 1 saturated heterocycles. The highest BCUT2D eigenvalue weighted by atomic mass is 16.5. The first kappa shape index (κ1) is 18.3. The fourth-order valence-electron chi connectivity index (χ4n) is 4.04. The molecule has 2 N–H and O–H groups in total. The predicted octanol–water partition coefficient (Wildman–Crippen LogP) is 3.04. The van der Waals surface area contributed by atoms with Crippen LogP contribution in [-0.4, -0.2) is 35.0 Å². The van der Waals surface area contributed by atoms with Gasteiger partial charge in [-0.15, -0.1) is 0 Å². The lowest BCUT2D eigenvalue weighted by Gasteiger charge is -2.30. The van der Waals surface area contributed by atoms with Crippen LogP contribution in [0.3, 0.4) is 0 Å². The molecule has 0 radical (unpaired) electrons. The van der Waals surface area contributed by atoms with E-state index < -0.39 is 23.4 Å². The van der Waals surface area contributed by atoms with Crippen LogP contribution < -0.4 is 15.5 Å². The Bertz CT molecular complexity index is 958. The van der Waals surface area contributed by atoms with Crippen LogP contribution in [0.4, 0.5) is 4.79 Å². The summed E-state index contributed by atoms with van der Waals surface area (Å²) in [6, 6.07) is 4.70. The molecule has 2 aliphatic rings. The highest BCUT2D eigenvalue weighted by Gasteiger charge is 2.52. The van der Waals surface area contributed by atoms with Crippen LogP contribution in [0.2, 0.25) is 0 Å². The number of urea groups is 1. The summed E-state index contributed by atoms with van der Waals surface area (Å²) in [6.07, 6.45) is 3.97. The summed E-state index contributed by atoms with van der Waals surface area (Å²) >= 11 is 0. The summed E-state index contributed by atoms with van der Waals surface area (Å²) in [5, 5.41) is 4.30. The lowest BCUT2D eigenvalue weighted by atomic mass is 9.82. The summed E-state index contributed by atoms with van der Waals surface area (Å²) in [5.74, 6) is -0.297. The first-order chi connectivity index (χ1) is 13.4. The van der Waals surface area contributed by atoms with Gasteiger partial charge in [-0.25, -0.2) is 10.2 Å². The minimum absolute atomic E-state index is 0.0637. The molecular formula is C20H23N3O5. The summed E-state index contributed by atoms with van der Waals surface area (Å²) in [4.78, 5) is 37.9. The fourth-order valence-corrected chi connectivity index (χ4v) is 4.04. The summed E-state index contributed by atoms with van der Waals surface area (Å²) in [6.45, 7) is 4.18. The van der Waals surface area contributed by atoms with Gasteiger partial charge in [-0.05, 0) is 44.9 Å². The number of aryl methyl sites for hydroxylation is 1. The predicted molar refractivity (Wildman–Crippen MR) is 101 cm³/mol. The van der Waals surface area contributed by atoms with Crippen molar-refractivity contribution in [2.75, 3.05) is 6.61 Å². The van der Waals surface area contributed by atoms with Gasteiger partial charge in [-0.3, -0.25) is 9.59 Å². The second-order valence-corrected chi connectivity index (χ2v) is 7.30. The molecule has 1 aromatic carbocycles. The highest BCUT2D eigenvalue weighted by Crippen LogP contribution is 2.33. The van der Waals surface area contributed by atoms with E-state index in [-0.39, 0.29) is 5.76 Å². The normalized spacial score (nSPS) is 18.6. The molecule has 4 amide bonds. The molecule has 0 atom stereocenters. The number of imide groups is 1. The van der Waals surface area contributed by atoms with Crippen LogP contribution >= 0.6 is 0 Å². The van der Waals surface area contributed by atoms with E-state index in [1.807, 2.05) is 6.92 Å². The third kappa shape index (κ3) is 2.89. The minimum atomic E-state index is -0.891. The van der Waals surface area contributed by atoms with Gasteiger partial charge >= 0.3 is 11.9 Å². The van der Waals surface area contributed by atoms with E-state index in [2.05, 4.69) is 10.7 Å². The van der Waals surface area contributed by atoms with Crippen molar-refractivity contribution >= 4 is 28.8 Å². The average Bonchev–Trinajstić information content (AvgIpc) is 3.12. The van der Waals surface area contributed by atoms with Crippen molar-refractivity contribution in [3.63, 3.8) is 0 Å². The van der Waals surface area contributed by atoms with E-state index in [0.717, 1.165) is 29.7 Å². The molecule has 8 heteroatoms. The lowest BCUT2D eigenvalue weighted by Crippen LogP contribution is -2.51. The lowest BCUT2D eigenvalue weighted by molar-refractivity contribution is -0.134. The number of nitrogens with one attached hydrogen (secondary N) is 2. The second kappa shape index (κ2) is 6.85. The molecule has 1 aliphatic heterocycles. The molecule has 1 aliphatic carbocycles. The molecule has 2 fully saturated rings. The number of carbonyl (C=O) groups excluding carboxylic acids is 3. The first-order valence-electron chi connectivity index (χ1n) is 9.59. The van der Waals surface area contributed by atoms with Crippen LogP contribution in [0.15, 0.2) is 22.6 Å². The maximum absolute atomic E-state index is 12.8. The van der Waals surface area contributed by atoms with Gasteiger partial charge in [0.1, 0.15) is 16.9 Å². The van der Waals surface area contributed by atoms with E-state index in [9.17, 15) is 14.4 Å². The number of hydrogen-bond donors (Lipinski definition) is 2. The summed E-state index contributed by atoms with van der Waals surface area (Å²) < 4.78 is 11.2. The molecule has 2 aromatic rings. The van der Waals surface area contributed by atoms with Gasteiger partial charge < -0.3 is 14.5 Å². The largest absolute Gasteiger partial charge is 0.494 e. The Labute approximate surface area is 162 Å². The van der Waals surface area contributed by atoms with E-state index >= 15 is 0 Å². The second-order valence-electron chi connectivity index (χ2n) is 7.30. The molecule has 1 saturated carbocycles. The van der Waals surface area contributed by atoms with Crippen molar-refractivity contribution in [1.82, 2.24) is 15.8 Å². The molecule has 8 nitrogen and oxygen atoms in total. The standard InChI is InChI=1S/C20H23N3O5/c1-3-27-13-7-8-15-14(11-13)12(2)16(28-15)17(24)22-23-18(25)20(21-19(23)26)9-5-4-6-10-20/h7-8,11H,3-6,9-10H2,1-2H3,(H,21,26)(H,22,24). The zero-order chi connectivity index (χ0) is 19.9. The van der Waals surface area contributed by atoms with Gasteiger partial charge in [0.15, 0.2) is 5.76 Å². The van der Waals surface area contributed by atoms with Crippen molar-refractivity contribution in [2.24, 2.45) is 0 Å². The number of furan rings is 1. The molecule has 2 heterocycles. The third-order valence-electron chi connectivity index (χ3n) is 5.51. The number of benzene rings is 1. The third-order valence-corrected chi connectivity index (χ3v) is 5.51. The maximum atomic E-state index is 12.8. The molecule has 148 valence electrons. The van der Waals surface area contributed by atoms with Gasteiger partial charge in [0.2, 0.25) is 0 Å². The first-order valence-corrected chi connectivity index (χ1v) is 9.59. The Balaban J connectivity index is 1.57. The number of ether oxygens (including phenoxy) is 1. The van der Waals surface area contributed by atoms with E-state index in [0.29, 0.717) is 36.3 Å². The SMILES string of the molecule is CCOc1ccc2oc(C(=O)NN3C(=O)NC4(CCCCC4)C3=O)c(C)c2c1. The summed E-state index contributed by atoms with van der Waals surface area (Å²) in [5.41, 5.74) is 2.68. The average molecular weight is 385 g/mol. The monoisotopic (exact) mass is 385 g/mol. The van der Waals surface area contributed by atoms with E-state index in [4.69, 9.17) is 9.15 Å². The number of fused-ring (bicyclic) bond motifs is 1. The van der Waals surface area contributed by atoms with E-state index in [1.54, 1.807) is 25.1 Å². The van der Waals surface area contributed by atoms with Gasteiger partial charge in [0.25, 0.3) is 5.91 Å². The van der Waals surface area contributed by atoms with Gasteiger partial charge in [0.05, 0.1) is 6.61 Å². The fraction of sp³-hybridized carbons (Fsp3) is 0.450. The van der Waals surface area contributed by atoms with Crippen molar-refractivity contribution in [3.8, 4) is 5.75 Å². The topological polar surface area (TPSA) is 101 Å². The molecular weight excluding hydrogens is 362 g/mol. The van der Waals surface area contributed by atoms with Crippen molar-refractivity contribution in [3.05, 3.63) is 29.5 Å². The van der Waals surface area contributed by atoms with Gasteiger partial charge in [-0.1, -0.05) is 19.3 Å². The van der Waals surface area contributed by atoms with E-state index in [1.165, 1.54) is 0 Å². The number of rotatable bonds is 4. The zero-order valence-electron chi connectivity index (χ0n) is 16.0. The van der Waals surface area contributed by atoms with Crippen LogP contribution in [-0.2, 0) is 4.79 Å². The van der Waals surface area contributed by atoms with Crippen molar-refractivity contribution in [1.29, 1.82) is 0 Å². The number of nitrogens with zero attached hydrogens (tertiary/aromatic N) is 1. The molecule has 1 aromatic heterocycles. The molecule has 28 heavy (non-hydrogen) atoms. The Morgan fingerprint density at radius 1 is 1.29 bits per heavy atom. The van der Waals surface area contributed by atoms with Gasteiger partial charge in [0, 0.05) is 10.9 Å². The molecule has 4 rings (SSSR count). The molecule has 0 unspecified atom stereocenters. The minimum Gasteiger partial charge on any atom is -0.494 e. The summed E-state index contributed by atoms with van der Waals surface area (Å²) in [7, 11) is 0. The Morgan fingerprint density at radius 3 is 2.75 bits per heavy atom. The number of hydrogen-bond acceptors (Lipinski definition) is 5. The quantitative estimate of drug-likeness (QED) is 0.788. The number of carbonyl (C=O) groups is 3.